The van der Waals surface area contributed by atoms with E-state index in [0.717, 1.165) is 5.39 Å². The van der Waals surface area contributed by atoms with Crippen molar-refractivity contribution in [1.29, 1.82) is 0 Å². The number of rotatable bonds is 2. The van der Waals surface area contributed by atoms with Crippen LogP contribution in [0.5, 0.6) is 11.5 Å². The average molecular weight is 484 g/mol. The van der Waals surface area contributed by atoms with Gasteiger partial charge in [0.15, 0.2) is 11.5 Å². The van der Waals surface area contributed by atoms with E-state index in [2.05, 4.69) is 25.9 Å². The Hall–Kier alpha value is -3.59. The van der Waals surface area contributed by atoms with Crippen LogP contribution < -0.4 is 25.4 Å². The van der Waals surface area contributed by atoms with Crippen LogP contribution in [0.3, 0.4) is 0 Å². The second-order valence-electron chi connectivity index (χ2n) is 7.86. The Labute approximate surface area is 202 Å². The van der Waals surface area contributed by atoms with Crippen molar-refractivity contribution >= 4 is 45.8 Å². The number of amides is 2. The number of benzene rings is 2. The van der Waals surface area contributed by atoms with Crippen molar-refractivity contribution in [3.8, 4) is 11.5 Å². The predicted octanol–water partition coefficient (Wildman–Crippen LogP) is 3.37. The number of carbonyl (C=O) groups is 2. The molecule has 2 aromatic carbocycles. The Morgan fingerprint density at radius 2 is 2.06 bits per heavy atom. The molecular formula is C24H26ClN5O4. The standard InChI is InChI=1S/C24H26ClN5O4/c1-3-33-21-12-19-17-11-20(21)34-8-4-7-26-24(32)14(2)29-22(31)9-15-5-6-16(25)10-18(15)30-23(17)28-13-27-19/h5-6,10-14H,3-4,7-9H2,1-2H3,(H,26,32)(H,29,31)(H,27,28,30). The molecule has 2 bridgehead atoms. The van der Waals surface area contributed by atoms with Gasteiger partial charge in [0.05, 0.1) is 25.2 Å². The molecule has 0 saturated carbocycles. The number of ether oxygens (including phenoxy) is 2. The van der Waals surface area contributed by atoms with E-state index in [-0.39, 0.29) is 18.2 Å². The van der Waals surface area contributed by atoms with E-state index in [0.29, 0.717) is 65.3 Å². The highest BCUT2D eigenvalue weighted by molar-refractivity contribution is 6.31. The van der Waals surface area contributed by atoms with Crippen molar-refractivity contribution < 1.29 is 19.1 Å². The SMILES string of the molecule is CCOc1cc2ncnc3c2cc1OCCCNC(=O)C(C)NC(=O)Cc1ccc(Cl)cc1N3. The lowest BCUT2D eigenvalue weighted by atomic mass is 10.1. The Bertz CT molecular complexity index is 1220. The number of anilines is 2. The molecule has 2 heterocycles. The first-order chi connectivity index (χ1) is 16.4. The van der Waals surface area contributed by atoms with Gasteiger partial charge in [-0.2, -0.15) is 0 Å². The van der Waals surface area contributed by atoms with Gasteiger partial charge in [-0.05, 0) is 44.0 Å². The fourth-order valence-corrected chi connectivity index (χ4v) is 3.81. The first-order valence-electron chi connectivity index (χ1n) is 11.1. The molecule has 3 aromatic rings. The summed E-state index contributed by atoms with van der Waals surface area (Å²) < 4.78 is 11.8. The molecule has 0 aliphatic carbocycles. The van der Waals surface area contributed by atoms with Crippen molar-refractivity contribution in [3.63, 3.8) is 0 Å². The van der Waals surface area contributed by atoms with Gasteiger partial charge in [-0.25, -0.2) is 9.97 Å². The van der Waals surface area contributed by atoms with Crippen molar-refractivity contribution in [1.82, 2.24) is 20.6 Å². The third-order valence-corrected chi connectivity index (χ3v) is 5.56. The molecule has 3 N–H and O–H groups in total. The molecule has 9 nitrogen and oxygen atoms in total. The summed E-state index contributed by atoms with van der Waals surface area (Å²) in [6.45, 7) is 4.79. The van der Waals surface area contributed by atoms with Crippen LogP contribution in [-0.2, 0) is 16.0 Å². The second kappa shape index (κ2) is 10.6. The lowest BCUT2D eigenvalue weighted by molar-refractivity contribution is -0.128. The third kappa shape index (κ3) is 5.48. The highest BCUT2D eigenvalue weighted by Gasteiger charge is 2.18. The van der Waals surface area contributed by atoms with Gasteiger partial charge in [-0.1, -0.05) is 17.7 Å². The van der Waals surface area contributed by atoms with Gasteiger partial charge >= 0.3 is 0 Å². The summed E-state index contributed by atoms with van der Waals surface area (Å²) in [5, 5.41) is 10.1. The van der Waals surface area contributed by atoms with E-state index in [1.54, 1.807) is 25.1 Å². The summed E-state index contributed by atoms with van der Waals surface area (Å²) in [5.41, 5.74) is 2.00. The molecule has 178 valence electrons. The molecule has 34 heavy (non-hydrogen) atoms. The maximum Gasteiger partial charge on any atom is 0.242 e. The van der Waals surface area contributed by atoms with Crippen LogP contribution in [-0.4, -0.2) is 47.6 Å². The lowest BCUT2D eigenvalue weighted by Crippen LogP contribution is -2.45. The highest BCUT2D eigenvalue weighted by atomic mass is 35.5. The smallest absolute Gasteiger partial charge is 0.242 e. The van der Waals surface area contributed by atoms with Crippen molar-refractivity contribution in [3.05, 3.63) is 47.2 Å². The molecule has 1 unspecified atom stereocenters. The number of halogens is 1. The van der Waals surface area contributed by atoms with Gasteiger partial charge < -0.3 is 25.4 Å². The van der Waals surface area contributed by atoms with Gasteiger partial charge in [0.1, 0.15) is 18.2 Å². The minimum Gasteiger partial charge on any atom is -0.490 e. The van der Waals surface area contributed by atoms with Crippen LogP contribution in [0, 0.1) is 0 Å². The minimum absolute atomic E-state index is 0.0585. The van der Waals surface area contributed by atoms with Gasteiger partial charge in [0.25, 0.3) is 0 Å². The summed E-state index contributed by atoms with van der Waals surface area (Å²) >= 11 is 6.25. The normalized spacial score (nSPS) is 17.1. The van der Waals surface area contributed by atoms with E-state index < -0.39 is 6.04 Å². The maximum absolute atomic E-state index is 12.7. The Morgan fingerprint density at radius 1 is 1.21 bits per heavy atom. The van der Waals surface area contributed by atoms with Gasteiger partial charge in [-0.15, -0.1) is 0 Å². The fourth-order valence-electron chi connectivity index (χ4n) is 3.64. The van der Waals surface area contributed by atoms with Gasteiger partial charge in [0, 0.05) is 28.7 Å². The van der Waals surface area contributed by atoms with Crippen LogP contribution in [0.1, 0.15) is 25.8 Å². The Kier molecular flexibility index (Phi) is 7.32. The number of nitrogens with one attached hydrogen (secondary N) is 3. The maximum atomic E-state index is 12.7. The second-order valence-corrected chi connectivity index (χ2v) is 8.29. The summed E-state index contributed by atoms with van der Waals surface area (Å²) in [6, 6.07) is 8.19. The molecule has 10 heteroatoms. The van der Waals surface area contributed by atoms with Crippen LogP contribution in [0.15, 0.2) is 36.7 Å². The largest absolute Gasteiger partial charge is 0.490 e. The summed E-state index contributed by atoms with van der Waals surface area (Å²) in [4.78, 5) is 33.8. The van der Waals surface area contributed by atoms with E-state index >= 15 is 0 Å². The quantitative estimate of drug-likeness (QED) is 0.512. The van der Waals surface area contributed by atoms with Gasteiger partial charge in [-0.3, -0.25) is 9.59 Å². The number of aromatic nitrogens is 2. The van der Waals surface area contributed by atoms with E-state index in [1.807, 2.05) is 19.1 Å². The number of nitrogens with zero attached hydrogens (tertiary/aromatic N) is 2. The van der Waals surface area contributed by atoms with Crippen LogP contribution in [0.4, 0.5) is 11.5 Å². The van der Waals surface area contributed by atoms with E-state index in [1.165, 1.54) is 6.33 Å². The fraction of sp³-hybridized carbons (Fsp3) is 0.333. The van der Waals surface area contributed by atoms with Crippen LogP contribution in [0.25, 0.3) is 10.9 Å². The summed E-state index contributed by atoms with van der Waals surface area (Å²) in [6.07, 6.45) is 2.10. The molecule has 0 fully saturated rings. The average Bonchev–Trinajstić information content (AvgIpc) is 2.80. The van der Waals surface area contributed by atoms with Crippen molar-refractivity contribution in [2.45, 2.75) is 32.7 Å². The molecule has 0 radical (unpaired) electrons. The minimum atomic E-state index is -0.672. The zero-order valence-electron chi connectivity index (χ0n) is 19.0. The first kappa shape index (κ1) is 23.6. The Balaban J connectivity index is 1.78. The number of carbonyl (C=O) groups excluding carboxylic acids is 2. The van der Waals surface area contributed by atoms with Crippen molar-refractivity contribution in [2.75, 3.05) is 25.1 Å². The number of hydrogen-bond donors (Lipinski definition) is 3. The molecule has 4 rings (SSSR count). The molecule has 2 amide bonds. The van der Waals surface area contributed by atoms with Gasteiger partial charge in [0.2, 0.25) is 11.8 Å². The topological polar surface area (TPSA) is 114 Å². The number of hydrogen-bond acceptors (Lipinski definition) is 7. The zero-order chi connectivity index (χ0) is 24.1. The Morgan fingerprint density at radius 3 is 2.88 bits per heavy atom. The molecule has 1 aliphatic rings. The van der Waals surface area contributed by atoms with Crippen molar-refractivity contribution in [2.24, 2.45) is 0 Å². The molecule has 1 aliphatic heterocycles. The first-order valence-corrected chi connectivity index (χ1v) is 11.5. The van der Waals surface area contributed by atoms with Crippen LogP contribution in [0.2, 0.25) is 5.02 Å². The third-order valence-electron chi connectivity index (χ3n) is 5.33. The lowest BCUT2D eigenvalue weighted by Gasteiger charge is -2.16. The highest BCUT2D eigenvalue weighted by Crippen LogP contribution is 2.36. The summed E-state index contributed by atoms with van der Waals surface area (Å²) in [7, 11) is 0. The molecular weight excluding hydrogens is 458 g/mol. The number of fused-ring (bicyclic) bond motifs is 2. The van der Waals surface area contributed by atoms with Crippen LogP contribution >= 0.6 is 11.6 Å². The molecule has 1 atom stereocenters. The molecule has 0 spiro atoms. The predicted molar refractivity (Wildman–Crippen MR) is 130 cm³/mol. The molecule has 1 aromatic heterocycles. The summed E-state index contributed by atoms with van der Waals surface area (Å²) in [5.74, 6) is 1.13. The zero-order valence-corrected chi connectivity index (χ0v) is 19.7. The van der Waals surface area contributed by atoms with E-state index in [9.17, 15) is 9.59 Å². The monoisotopic (exact) mass is 483 g/mol. The molecule has 0 saturated heterocycles. The van der Waals surface area contributed by atoms with E-state index in [4.69, 9.17) is 21.1 Å².